The van der Waals surface area contributed by atoms with Gasteiger partial charge in [0, 0.05) is 12.7 Å². The molecule has 6 heteroatoms. The Labute approximate surface area is 122 Å². The molecule has 1 amide bonds. The number of para-hydroxylation sites is 1. The van der Waals surface area contributed by atoms with E-state index in [0.29, 0.717) is 36.8 Å². The molecule has 3 rings (SSSR count). The molecule has 0 unspecified atom stereocenters. The fraction of sp³-hybridized carbons (Fsp3) is 0.200. The molecule has 21 heavy (non-hydrogen) atoms. The molecule has 0 aliphatic carbocycles. The Bertz CT molecular complexity index is 660. The van der Waals surface area contributed by atoms with Gasteiger partial charge in [-0.3, -0.25) is 4.79 Å². The number of pyridine rings is 1. The molecule has 0 fully saturated rings. The first-order valence-corrected chi connectivity index (χ1v) is 6.70. The van der Waals surface area contributed by atoms with Gasteiger partial charge in [0.15, 0.2) is 0 Å². The summed E-state index contributed by atoms with van der Waals surface area (Å²) in [5, 5.41) is 0. The van der Waals surface area contributed by atoms with Crippen molar-refractivity contribution in [1.29, 1.82) is 0 Å². The van der Waals surface area contributed by atoms with Crippen LogP contribution in [0.3, 0.4) is 0 Å². The lowest BCUT2D eigenvalue weighted by atomic mass is 10.1. The summed E-state index contributed by atoms with van der Waals surface area (Å²) < 4.78 is 5.62. The van der Waals surface area contributed by atoms with Crippen molar-refractivity contribution in [3.63, 3.8) is 0 Å². The molecule has 0 saturated carbocycles. The van der Waals surface area contributed by atoms with Crippen LogP contribution in [0.5, 0.6) is 5.75 Å². The number of anilines is 1. The van der Waals surface area contributed by atoms with Gasteiger partial charge in [0.05, 0.1) is 12.1 Å². The van der Waals surface area contributed by atoms with Crippen molar-refractivity contribution in [2.45, 2.75) is 6.54 Å². The van der Waals surface area contributed by atoms with Crippen molar-refractivity contribution in [3.8, 4) is 5.75 Å². The number of nitrogen functional groups attached to an aromatic ring is 1. The summed E-state index contributed by atoms with van der Waals surface area (Å²) in [4.78, 5) is 18.4. The molecule has 0 radical (unpaired) electrons. The van der Waals surface area contributed by atoms with Crippen molar-refractivity contribution in [3.05, 3.63) is 53.7 Å². The molecule has 108 valence electrons. The molecule has 2 aromatic rings. The number of hydrazine groups is 1. The highest BCUT2D eigenvalue weighted by Gasteiger charge is 2.23. The molecule has 3 N–H and O–H groups in total. The van der Waals surface area contributed by atoms with E-state index in [2.05, 4.69) is 10.4 Å². The van der Waals surface area contributed by atoms with E-state index in [1.807, 2.05) is 30.3 Å². The van der Waals surface area contributed by atoms with Crippen LogP contribution >= 0.6 is 0 Å². The van der Waals surface area contributed by atoms with E-state index >= 15 is 0 Å². The summed E-state index contributed by atoms with van der Waals surface area (Å²) in [5.41, 5.74) is 4.07. The van der Waals surface area contributed by atoms with Crippen LogP contribution in [0.4, 0.5) is 5.82 Å². The summed E-state index contributed by atoms with van der Waals surface area (Å²) in [6, 6.07) is 11.0. The Hall–Kier alpha value is -2.60. The predicted molar refractivity (Wildman–Crippen MR) is 78.7 cm³/mol. The first-order chi connectivity index (χ1) is 10.3. The van der Waals surface area contributed by atoms with Crippen molar-refractivity contribution in [2.75, 3.05) is 18.6 Å². The van der Waals surface area contributed by atoms with E-state index < -0.39 is 0 Å². The number of fused-ring (bicyclic) bond motifs is 1. The molecule has 2 heterocycles. The van der Waals surface area contributed by atoms with Gasteiger partial charge in [-0.25, -0.2) is 10.8 Å². The van der Waals surface area contributed by atoms with E-state index in [9.17, 15) is 4.79 Å². The fourth-order valence-corrected chi connectivity index (χ4v) is 2.33. The zero-order valence-corrected chi connectivity index (χ0v) is 11.5. The second-order valence-electron chi connectivity index (χ2n) is 4.76. The van der Waals surface area contributed by atoms with Crippen LogP contribution in [0.25, 0.3) is 0 Å². The first-order valence-electron chi connectivity index (χ1n) is 6.70. The molecule has 0 atom stereocenters. The third kappa shape index (κ3) is 2.80. The van der Waals surface area contributed by atoms with Crippen molar-refractivity contribution in [2.24, 2.45) is 5.84 Å². The van der Waals surface area contributed by atoms with Gasteiger partial charge in [0.2, 0.25) is 0 Å². The van der Waals surface area contributed by atoms with E-state index in [1.54, 1.807) is 17.2 Å². The van der Waals surface area contributed by atoms with Gasteiger partial charge in [-0.2, -0.15) is 0 Å². The number of ether oxygens (including phenoxy) is 1. The first kappa shape index (κ1) is 13.4. The Kier molecular flexibility index (Phi) is 3.70. The Morgan fingerprint density at radius 1 is 1.33 bits per heavy atom. The van der Waals surface area contributed by atoms with Crippen molar-refractivity contribution >= 4 is 11.7 Å². The monoisotopic (exact) mass is 284 g/mol. The van der Waals surface area contributed by atoms with Gasteiger partial charge < -0.3 is 15.1 Å². The van der Waals surface area contributed by atoms with Gasteiger partial charge in [0.25, 0.3) is 5.91 Å². The number of benzene rings is 1. The van der Waals surface area contributed by atoms with Crippen LogP contribution < -0.4 is 16.0 Å². The number of aromatic nitrogens is 1. The Morgan fingerprint density at radius 2 is 2.19 bits per heavy atom. The SMILES string of the molecule is NNc1cc(CN2CCOc3ccccc3C2=O)ccn1. The zero-order valence-electron chi connectivity index (χ0n) is 11.5. The van der Waals surface area contributed by atoms with Gasteiger partial charge in [-0.15, -0.1) is 0 Å². The number of hydrogen-bond acceptors (Lipinski definition) is 5. The molecule has 0 spiro atoms. The van der Waals surface area contributed by atoms with E-state index in [-0.39, 0.29) is 5.91 Å². The number of rotatable bonds is 3. The Balaban J connectivity index is 1.84. The fourth-order valence-electron chi connectivity index (χ4n) is 2.33. The molecular formula is C15H16N4O2. The van der Waals surface area contributed by atoms with Crippen molar-refractivity contribution in [1.82, 2.24) is 9.88 Å². The predicted octanol–water partition coefficient (Wildman–Crippen LogP) is 1.40. The number of carbonyl (C=O) groups excluding carboxylic acids is 1. The standard InChI is InChI=1S/C15H16N4O2/c16-18-14-9-11(5-6-17-14)10-19-7-8-21-13-4-2-1-3-12(13)15(19)20/h1-6,9H,7-8,10,16H2,(H,17,18). The van der Waals surface area contributed by atoms with Crippen LogP contribution in [0.15, 0.2) is 42.6 Å². The van der Waals surface area contributed by atoms with E-state index in [0.717, 1.165) is 5.56 Å². The quantitative estimate of drug-likeness (QED) is 0.658. The van der Waals surface area contributed by atoms with Gasteiger partial charge >= 0.3 is 0 Å². The van der Waals surface area contributed by atoms with Crippen LogP contribution in [0, 0.1) is 0 Å². The molecule has 1 aliphatic heterocycles. The lowest BCUT2D eigenvalue weighted by Gasteiger charge is -2.20. The highest BCUT2D eigenvalue weighted by Crippen LogP contribution is 2.23. The number of carbonyl (C=O) groups is 1. The van der Waals surface area contributed by atoms with Crippen LogP contribution in [0.1, 0.15) is 15.9 Å². The maximum atomic E-state index is 12.6. The van der Waals surface area contributed by atoms with Gasteiger partial charge in [0.1, 0.15) is 18.2 Å². The van der Waals surface area contributed by atoms with Crippen LogP contribution in [0.2, 0.25) is 0 Å². The average Bonchev–Trinajstić information content (AvgIpc) is 2.68. The minimum absolute atomic E-state index is 0.0258. The van der Waals surface area contributed by atoms with Gasteiger partial charge in [-0.05, 0) is 29.8 Å². The smallest absolute Gasteiger partial charge is 0.258 e. The third-order valence-corrected chi connectivity index (χ3v) is 3.37. The summed E-state index contributed by atoms with van der Waals surface area (Å²) in [6.45, 7) is 1.52. The summed E-state index contributed by atoms with van der Waals surface area (Å²) in [6.07, 6.45) is 1.66. The number of nitrogens with two attached hydrogens (primary N) is 1. The summed E-state index contributed by atoms with van der Waals surface area (Å²) in [5.74, 6) is 6.55. The van der Waals surface area contributed by atoms with Crippen molar-refractivity contribution < 1.29 is 9.53 Å². The molecule has 0 saturated heterocycles. The number of hydrogen-bond donors (Lipinski definition) is 2. The van der Waals surface area contributed by atoms with E-state index in [1.165, 1.54) is 0 Å². The molecule has 1 aliphatic rings. The van der Waals surface area contributed by atoms with Crippen LogP contribution in [-0.2, 0) is 6.54 Å². The second-order valence-corrected chi connectivity index (χ2v) is 4.76. The number of nitrogens with one attached hydrogen (secondary N) is 1. The minimum atomic E-state index is -0.0258. The Morgan fingerprint density at radius 3 is 3.05 bits per heavy atom. The summed E-state index contributed by atoms with van der Waals surface area (Å²) in [7, 11) is 0. The molecule has 0 bridgehead atoms. The third-order valence-electron chi connectivity index (χ3n) is 3.37. The van der Waals surface area contributed by atoms with Gasteiger partial charge in [-0.1, -0.05) is 12.1 Å². The number of nitrogens with zero attached hydrogens (tertiary/aromatic N) is 2. The largest absolute Gasteiger partial charge is 0.491 e. The number of amides is 1. The normalized spacial score (nSPS) is 14.1. The zero-order chi connectivity index (χ0) is 14.7. The molecular weight excluding hydrogens is 268 g/mol. The average molecular weight is 284 g/mol. The summed E-state index contributed by atoms with van der Waals surface area (Å²) >= 11 is 0. The molecule has 6 nitrogen and oxygen atoms in total. The highest BCUT2D eigenvalue weighted by atomic mass is 16.5. The topological polar surface area (TPSA) is 80.5 Å². The minimum Gasteiger partial charge on any atom is -0.491 e. The second kappa shape index (κ2) is 5.80. The lowest BCUT2D eigenvalue weighted by molar-refractivity contribution is 0.0743. The lowest BCUT2D eigenvalue weighted by Crippen LogP contribution is -2.31. The van der Waals surface area contributed by atoms with E-state index in [4.69, 9.17) is 10.6 Å². The maximum Gasteiger partial charge on any atom is 0.258 e. The molecule has 1 aromatic heterocycles. The molecule has 1 aromatic carbocycles. The highest BCUT2D eigenvalue weighted by molar-refractivity contribution is 5.97. The van der Waals surface area contributed by atoms with Crippen LogP contribution in [-0.4, -0.2) is 28.9 Å². The maximum absolute atomic E-state index is 12.6.